The third kappa shape index (κ3) is 4.55. The minimum atomic E-state index is -3.76. The maximum absolute atomic E-state index is 12.2. The van der Waals surface area contributed by atoms with E-state index in [1.165, 1.54) is 7.11 Å². The quantitative estimate of drug-likeness (QED) is 0.566. The van der Waals surface area contributed by atoms with E-state index in [4.69, 9.17) is 4.74 Å². The standard InChI is InChI=1S/C13H16N4O4S2/c1-9-5-3-4-6-10(9)11(18)15-12-16-17-13(22-12)23(19,20)14-7-8-21-2/h3-6,14H,7-8H2,1-2H3,(H,15,16,18). The molecule has 23 heavy (non-hydrogen) atoms. The van der Waals surface area contributed by atoms with Gasteiger partial charge in [-0.3, -0.25) is 10.1 Å². The number of amides is 1. The molecule has 0 radical (unpaired) electrons. The van der Waals surface area contributed by atoms with E-state index in [9.17, 15) is 13.2 Å². The minimum absolute atomic E-state index is 0.116. The second kappa shape index (κ2) is 7.59. The highest BCUT2D eigenvalue weighted by molar-refractivity contribution is 7.91. The van der Waals surface area contributed by atoms with Crippen LogP contribution in [0.3, 0.4) is 0 Å². The molecule has 10 heteroatoms. The van der Waals surface area contributed by atoms with Gasteiger partial charge in [0.15, 0.2) is 0 Å². The Morgan fingerprint density at radius 3 is 2.74 bits per heavy atom. The summed E-state index contributed by atoms with van der Waals surface area (Å²) >= 11 is 0.781. The van der Waals surface area contributed by atoms with Crippen LogP contribution in [0.15, 0.2) is 28.6 Å². The number of aryl methyl sites for hydroxylation is 1. The van der Waals surface area contributed by atoms with Crippen LogP contribution in [0, 0.1) is 6.92 Å². The molecular formula is C13H16N4O4S2. The van der Waals surface area contributed by atoms with E-state index in [0.717, 1.165) is 16.9 Å². The Kier molecular flexibility index (Phi) is 5.77. The number of hydrogen-bond acceptors (Lipinski definition) is 7. The molecule has 0 spiro atoms. The number of aromatic nitrogens is 2. The number of sulfonamides is 1. The summed E-state index contributed by atoms with van der Waals surface area (Å²) in [5.41, 5.74) is 1.30. The predicted octanol–water partition coefficient (Wildman–Crippen LogP) is 1.02. The SMILES string of the molecule is COCCNS(=O)(=O)c1nnc(NC(=O)c2ccccc2C)s1. The summed E-state index contributed by atoms with van der Waals surface area (Å²) in [6.07, 6.45) is 0. The highest BCUT2D eigenvalue weighted by Crippen LogP contribution is 2.20. The first-order chi connectivity index (χ1) is 10.9. The van der Waals surface area contributed by atoms with Crippen molar-refractivity contribution in [2.45, 2.75) is 11.3 Å². The number of anilines is 1. The van der Waals surface area contributed by atoms with Gasteiger partial charge in [0.25, 0.3) is 15.9 Å². The largest absolute Gasteiger partial charge is 0.383 e. The summed E-state index contributed by atoms with van der Waals surface area (Å²) in [5, 5.41) is 9.95. The predicted molar refractivity (Wildman–Crippen MR) is 86.1 cm³/mol. The van der Waals surface area contributed by atoms with Gasteiger partial charge in [0, 0.05) is 19.2 Å². The van der Waals surface area contributed by atoms with Gasteiger partial charge >= 0.3 is 0 Å². The number of carbonyl (C=O) groups is 1. The number of nitrogens with one attached hydrogen (secondary N) is 2. The van der Waals surface area contributed by atoms with Crippen LogP contribution < -0.4 is 10.0 Å². The molecule has 0 saturated carbocycles. The fourth-order valence-corrected chi connectivity index (χ4v) is 3.65. The maximum Gasteiger partial charge on any atom is 0.269 e. The molecule has 1 heterocycles. The number of ether oxygens (including phenoxy) is 1. The first kappa shape index (κ1) is 17.5. The Balaban J connectivity index is 2.08. The Morgan fingerprint density at radius 2 is 2.04 bits per heavy atom. The molecule has 0 fully saturated rings. The zero-order valence-electron chi connectivity index (χ0n) is 12.6. The lowest BCUT2D eigenvalue weighted by atomic mass is 10.1. The van der Waals surface area contributed by atoms with Gasteiger partial charge in [-0.2, -0.15) is 0 Å². The summed E-state index contributed by atoms with van der Waals surface area (Å²) in [5.74, 6) is -0.365. The zero-order valence-corrected chi connectivity index (χ0v) is 14.2. The van der Waals surface area contributed by atoms with Crippen molar-refractivity contribution >= 4 is 32.4 Å². The van der Waals surface area contributed by atoms with Crippen LogP contribution >= 0.6 is 11.3 Å². The molecule has 0 unspecified atom stereocenters. The number of benzene rings is 1. The Bertz CT molecular complexity index is 789. The third-order valence-electron chi connectivity index (χ3n) is 2.84. The van der Waals surface area contributed by atoms with Crippen LogP contribution in [0.4, 0.5) is 5.13 Å². The van der Waals surface area contributed by atoms with Crippen molar-refractivity contribution in [3.8, 4) is 0 Å². The molecule has 0 aliphatic heterocycles. The van der Waals surface area contributed by atoms with E-state index in [-0.39, 0.29) is 28.5 Å². The van der Waals surface area contributed by atoms with Crippen LogP contribution in [0.5, 0.6) is 0 Å². The van der Waals surface area contributed by atoms with Gasteiger partial charge in [-0.1, -0.05) is 29.5 Å². The molecule has 0 bridgehead atoms. The maximum atomic E-state index is 12.2. The molecule has 8 nitrogen and oxygen atoms in total. The van der Waals surface area contributed by atoms with Crippen molar-refractivity contribution in [2.75, 3.05) is 25.6 Å². The number of methoxy groups -OCH3 is 1. The average molecular weight is 356 g/mol. The van der Waals surface area contributed by atoms with Crippen molar-refractivity contribution in [3.63, 3.8) is 0 Å². The molecule has 1 aromatic carbocycles. The molecule has 2 N–H and O–H groups in total. The molecule has 0 saturated heterocycles. The van der Waals surface area contributed by atoms with E-state index < -0.39 is 10.0 Å². The molecule has 2 aromatic rings. The Morgan fingerprint density at radius 1 is 1.30 bits per heavy atom. The molecule has 0 aliphatic rings. The monoisotopic (exact) mass is 356 g/mol. The second-order valence-corrected chi connectivity index (χ2v) is 7.45. The molecule has 0 aliphatic carbocycles. The van der Waals surface area contributed by atoms with Gasteiger partial charge in [-0.25, -0.2) is 13.1 Å². The lowest BCUT2D eigenvalue weighted by Gasteiger charge is -2.04. The van der Waals surface area contributed by atoms with Crippen LogP contribution in [-0.4, -0.2) is 44.8 Å². The van der Waals surface area contributed by atoms with E-state index in [1.54, 1.807) is 12.1 Å². The van der Waals surface area contributed by atoms with Crippen molar-refractivity contribution in [1.29, 1.82) is 0 Å². The number of nitrogens with zero attached hydrogens (tertiary/aromatic N) is 2. The van der Waals surface area contributed by atoms with Crippen LogP contribution in [-0.2, 0) is 14.8 Å². The summed E-state index contributed by atoms with van der Waals surface area (Å²) in [6.45, 7) is 2.18. The van der Waals surface area contributed by atoms with Crippen LogP contribution in [0.25, 0.3) is 0 Å². The number of hydrogen-bond donors (Lipinski definition) is 2. The fraction of sp³-hybridized carbons (Fsp3) is 0.308. The molecule has 2 rings (SSSR count). The smallest absolute Gasteiger partial charge is 0.269 e. The molecule has 1 amide bonds. The van der Waals surface area contributed by atoms with Crippen molar-refractivity contribution in [2.24, 2.45) is 0 Å². The lowest BCUT2D eigenvalue weighted by Crippen LogP contribution is -2.27. The van der Waals surface area contributed by atoms with E-state index in [2.05, 4.69) is 20.2 Å². The van der Waals surface area contributed by atoms with E-state index in [1.807, 2.05) is 19.1 Å². The van der Waals surface area contributed by atoms with Gasteiger partial charge in [0.2, 0.25) is 9.47 Å². The minimum Gasteiger partial charge on any atom is -0.383 e. The summed E-state index contributed by atoms with van der Waals surface area (Å²) in [6, 6.07) is 7.06. The highest BCUT2D eigenvalue weighted by atomic mass is 32.2. The Hall–Kier alpha value is -1.88. The normalized spacial score (nSPS) is 11.4. The highest BCUT2D eigenvalue weighted by Gasteiger charge is 2.20. The first-order valence-corrected chi connectivity index (χ1v) is 8.93. The zero-order chi connectivity index (χ0) is 16.9. The van der Waals surface area contributed by atoms with Gasteiger partial charge < -0.3 is 4.74 Å². The summed E-state index contributed by atoms with van der Waals surface area (Å²) in [4.78, 5) is 12.2. The first-order valence-electron chi connectivity index (χ1n) is 6.63. The molecule has 1 aromatic heterocycles. The van der Waals surface area contributed by atoms with Gasteiger partial charge in [-0.15, -0.1) is 10.2 Å². The van der Waals surface area contributed by atoms with Crippen LogP contribution in [0.1, 0.15) is 15.9 Å². The summed E-state index contributed by atoms with van der Waals surface area (Å²) in [7, 11) is -2.29. The topological polar surface area (TPSA) is 110 Å². The van der Waals surface area contributed by atoms with E-state index in [0.29, 0.717) is 5.56 Å². The average Bonchev–Trinajstić information content (AvgIpc) is 2.97. The molecular weight excluding hydrogens is 340 g/mol. The van der Waals surface area contributed by atoms with Gasteiger partial charge in [0.05, 0.1) is 6.61 Å². The van der Waals surface area contributed by atoms with Gasteiger partial charge in [-0.05, 0) is 18.6 Å². The van der Waals surface area contributed by atoms with E-state index >= 15 is 0 Å². The van der Waals surface area contributed by atoms with Gasteiger partial charge in [0.1, 0.15) is 0 Å². The second-order valence-electron chi connectivity index (χ2n) is 4.53. The summed E-state index contributed by atoms with van der Waals surface area (Å²) < 4.78 is 30.8. The Labute approximate surface area is 137 Å². The lowest BCUT2D eigenvalue weighted by molar-refractivity contribution is 0.102. The molecule has 124 valence electrons. The van der Waals surface area contributed by atoms with Crippen molar-refractivity contribution in [3.05, 3.63) is 35.4 Å². The molecule has 0 atom stereocenters. The fourth-order valence-electron chi connectivity index (χ4n) is 1.70. The number of carbonyl (C=O) groups excluding carboxylic acids is 1. The number of rotatable bonds is 7. The van der Waals surface area contributed by atoms with Crippen molar-refractivity contribution < 1.29 is 17.9 Å². The van der Waals surface area contributed by atoms with Crippen molar-refractivity contribution in [1.82, 2.24) is 14.9 Å². The third-order valence-corrected chi connectivity index (χ3v) is 5.51. The van der Waals surface area contributed by atoms with Crippen LogP contribution in [0.2, 0.25) is 0 Å².